The van der Waals surface area contributed by atoms with Gasteiger partial charge < -0.3 is 10.2 Å². The zero-order chi connectivity index (χ0) is 13.1. The van der Waals surface area contributed by atoms with Crippen molar-refractivity contribution in [3.05, 3.63) is 34.3 Å². The Hall–Kier alpha value is -1.57. The second-order valence-corrected chi connectivity index (χ2v) is 4.74. The predicted molar refractivity (Wildman–Crippen MR) is 69.5 cm³/mol. The molecule has 5 heteroatoms. The van der Waals surface area contributed by atoms with Crippen LogP contribution < -0.4 is 5.32 Å². The summed E-state index contributed by atoms with van der Waals surface area (Å²) in [5.74, 6) is -0.0998. The summed E-state index contributed by atoms with van der Waals surface area (Å²) < 4.78 is 0. The fraction of sp³-hybridized carbons (Fsp3) is 0.385. The lowest BCUT2D eigenvalue weighted by molar-refractivity contribution is 0.0686. The molecule has 1 aromatic rings. The second kappa shape index (κ2) is 5.38. The minimum absolute atomic E-state index is 0.0998. The van der Waals surface area contributed by atoms with Crippen LogP contribution in [0.15, 0.2) is 18.2 Å². The van der Waals surface area contributed by atoms with Crippen LogP contribution in [0.25, 0.3) is 0 Å². The summed E-state index contributed by atoms with van der Waals surface area (Å²) in [4.78, 5) is 14.0. The molecular formula is C13H14ClN3O. The van der Waals surface area contributed by atoms with Gasteiger partial charge in [0, 0.05) is 30.2 Å². The largest absolute Gasteiger partial charge is 0.320 e. The molecule has 0 aliphatic carbocycles. The Balaban J connectivity index is 2.27. The van der Waals surface area contributed by atoms with E-state index in [9.17, 15) is 4.79 Å². The van der Waals surface area contributed by atoms with Crippen LogP contribution in [-0.2, 0) is 0 Å². The molecule has 0 saturated carbocycles. The quantitative estimate of drug-likeness (QED) is 0.837. The van der Waals surface area contributed by atoms with Crippen LogP contribution in [0, 0.1) is 18.3 Å². The highest BCUT2D eigenvalue weighted by Gasteiger charge is 2.27. The van der Waals surface area contributed by atoms with Gasteiger partial charge in [0.15, 0.2) is 0 Å². The molecule has 1 amide bonds. The Kier molecular flexibility index (Phi) is 3.85. The van der Waals surface area contributed by atoms with E-state index in [0.717, 1.165) is 12.1 Å². The summed E-state index contributed by atoms with van der Waals surface area (Å²) in [6.45, 7) is 3.65. The number of aryl methyl sites for hydroxylation is 1. The van der Waals surface area contributed by atoms with Crippen LogP contribution >= 0.6 is 11.6 Å². The maximum atomic E-state index is 12.4. The van der Waals surface area contributed by atoms with Crippen LogP contribution in [0.5, 0.6) is 0 Å². The number of rotatable bonds is 1. The van der Waals surface area contributed by atoms with Crippen molar-refractivity contribution in [2.45, 2.75) is 13.0 Å². The van der Waals surface area contributed by atoms with Crippen LogP contribution in [0.1, 0.15) is 15.9 Å². The summed E-state index contributed by atoms with van der Waals surface area (Å²) in [5, 5.41) is 12.8. The van der Waals surface area contributed by atoms with Gasteiger partial charge in [-0.15, -0.1) is 0 Å². The van der Waals surface area contributed by atoms with Gasteiger partial charge in [0.1, 0.15) is 6.04 Å². The van der Waals surface area contributed by atoms with E-state index in [-0.39, 0.29) is 5.91 Å². The van der Waals surface area contributed by atoms with Gasteiger partial charge in [-0.25, -0.2) is 0 Å². The Morgan fingerprint density at radius 1 is 1.61 bits per heavy atom. The van der Waals surface area contributed by atoms with Crippen LogP contribution in [0.3, 0.4) is 0 Å². The number of hydrogen-bond acceptors (Lipinski definition) is 3. The van der Waals surface area contributed by atoms with Crippen LogP contribution in [-0.4, -0.2) is 36.5 Å². The predicted octanol–water partition coefficient (Wildman–Crippen LogP) is 1.59. The van der Waals surface area contributed by atoms with Gasteiger partial charge in [-0.05, 0) is 30.7 Å². The average molecular weight is 264 g/mol. The molecule has 1 heterocycles. The number of carbonyl (C=O) groups excluding carboxylic acids is 1. The molecule has 1 atom stereocenters. The van der Waals surface area contributed by atoms with E-state index >= 15 is 0 Å². The number of nitrogens with zero attached hydrogens (tertiary/aromatic N) is 2. The first-order chi connectivity index (χ1) is 8.63. The van der Waals surface area contributed by atoms with Gasteiger partial charge in [0.2, 0.25) is 0 Å². The van der Waals surface area contributed by atoms with Gasteiger partial charge in [0.05, 0.1) is 6.07 Å². The highest BCUT2D eigenvalue weighted by Crippen LogP contribution is 2.18. The van der Waals surface area contributed by atoms with Gasteiger partial charge in [-0.3, -0.25) is 4.79 Å². The summed E-state index contributed by atoms with van der Waals surface area (Å²) >= 11 is 5.88. The number of hydrogen-bond donors (Lipinski definition) is 1. The number of nitrogens with one attached hydrogen (secondary N) is 1. The molecule has 94 valence electrons. The maximum absolute atomic E-state index is 12.4. The van der Waals surface area contributed by atoms with Crippen molar-refractivity contribution in [2.75, 3.05) is 19.6 Å². The summed E-state index contributed by atoms with van der Waals surface area (Å²) in [6, 6.07) is 6.93. The first-order valence-corrected chi connectivity index (χ1v) is 6.18. The molecule has 1 aromatic carbocycles. The number of carbonyl (C=O) groups is 1. The zero-order valence-corrected chi connectivity index (χ0v) is 10.9. The van der Waals surface area contributed by atoms with E-state index in [1.54, 1.807) is 23.1 Å². The standard InChI is InChI=1S/C13H14ClN3O/c1-9-6-10(14)2-3-12(9)13(18)17-5-4-16-8-11(17)7-15/h2-3,6,11,16H,4-5,8H2,1H3. The highest BCUT2D eigenvalue weighted by molar-refractivity contribution is 6.30. The number of piperazine rings is 1. The summed E-state index contributed by atoms with van der Waals surface area (Å²) in [5.41, 5.74) is 1.45. The smallest absolute Gasteiger partial charge is 0.255 e. The van der Waals surface area contributed by atoms with Gasteiger partial charge in [0.25, 0.3) is 5.91 Å². The topological polar surface area (TPSA) is 56.1 Å². The number of nitriles is 1. The molecule has 18 heavy (non-hydrogen) atoms. The normalized spacial score (nSPS) is 19.4. The molecule has 1 fully saturated rings. The fourth-order valence-corrected chi connectivity index (χ4v) is 2.31. The maximum Gasteiger partial charge on any atom is 0.255 e. The van der Waals surface area contributed by atoms with Crippen molar-refractivity contribution in [2.24, 2.45) is 0 Å². The molecule has 4 nitrogen and oxygen atoms in total. The molecule has 1 aliphatic rings. The third-order valence-corrected chi connectivity index (χ3v) is 3.31. The lowest BCUT2D eigenvalue weighted by atomic mass is 10.1. The van der Waals surface area contributed by atoms with E-state index in [1.807, 2.05) is 6.92 Å². The number of halogens is 1. The molecule has 1 aliphatic heterocycles. The van der Waals surface area contributed by atoms with Gasteiger partial charge in [-0.2, -0.15) is 5.26 Å². The van der Waals surface area contributed by atoms with Crippen molar-refractivity contribution in [3.63, 3.8) is 0 Å². The minimum atomic E-state index is -0.402. The molecule has 0 radical (unpaired) electrons. The lowest BCUT2D eigenvalue weighted by Gasteiger charge is -2.32. The minimum Gasteiger partial charge on any atom is -0.320 e. The Labute approximate surface area is 111 Å². The van der Waals surface area contributed by atoms with E-state index in [1.165, 1.54) is 0 Å². The molecular weight excluding hydrogens is 250 g/mol. The second-order valence-electron chi connectivity index (χ2n) is 4.31. The van der Waals surface area contributed by atoms with Crippen molar-refractivity contribution in [1.29, 1.82) is 5.26 Å². The number of amides is 1. The SMILES string of the molecule is Cc1cc(Cl)ccc1C(=O)N1CCNCC1C#N. The van der Waals surface area contributed by atoms with Gasteiger partial charge in [-0.1, -0.05) is 11.6 Å². The monoisotopic (exact) mass is 263 g/mol. The molecule has 0 bridgehead atoms. The summed E-state index contributed by atoms with van der Waals surface area (Å²) in [6.07, 6.45) is 0. The third-order valence-electron chi connectivity index (χ3n) is 3.07. The number of benzene rings is 1. The Bertz CT molecular complexity index is 509. The molecule has 2 rings (SSSR count). The van der Waals surface area contributed by atoms with E-state index in [0.29, 0.717) is 23.7 Å². The summed E-state index contributed by atoms with van der Waals surface area (Å²) in [7, 11) is 0. The molecule has 1 unspecified atom stereocenters. The van der Waals surface area contributed by atoms with Crippen molar-refractivity contribution >= 4 is 17.5 Å². The first kappa shape index (κ1) is 12.9. The van der Waals surface area contributed by atoms with Crippen LogP contribution in [0.4, 0.5) is 0 Å². The van der Waals surface area contributed by atoms with Gasteiger partial charge >= 0.3 is 0 Å². The van der Waals surface area contributed by atoms with Crippen molar-refractivity contribution < 1.29 is 4.79 Å². The van der Waals surface area contributed by atoms with Crippen LogP contribution in [0.2, 0.25) is 5.02 Å². The highest BCUT2D eigenvalue weighted by atomic mass is 35.5. The third kappa shape index (κ3) is 2.47. The average Bonchev–Trinajstić information content (AvgIpc) is 2.38. The van der Waals surface area contributed by atoms with E-state index < -0.39 is 6.04 Å². The fourth-order valence-electron chi connectivity index (χ4n) is 2.08. The lowest BCUT2D eigenvalue weighted by Crippen LogP contribution is -2.53. The van der Waals surface area contributed by atoms with E-state index in [4.69, 9.17) is 16.9 Å². The molecule has 1 N–H and O–H groups in total. The van der Waals surface area contributed by atoms with E-state index in [2.05, 4.69) is 11.4 Å². The molecule has 0 aromatic heterocycles. The zero-order valence-electron chi connectivity index (χ0n) is 10.1. The Morgan fingerprint density at radius 3 is 3.06 bits per heavy atom. The molecule has 0 spiro atoms. The first-order valence-electron chi connectivity index (χ1n) is 5.81. The van der Waals surface area contributed by atoms with Crippen molar-refractivity contribution in [1.82, 2.24) is 10.2 Å². The van der Waals surface area contributed by atoms with Crippen molar-refractivity contribution in [3.8, 4) is 6.07 Å². The molecule has 1 saturated heterocycles. The Morgan fingerprint density at radius 2 is 2.39 bits per heavy atom.